The van der Waals surface area contributed by atoms with Gasteiger partial charge in [-0.05, 0) is 109 Å². The lowest BCUT2D eigenvalue weighted by atomic mass is 9.33. The normalized spacial score (nSPS) is 53.2. The summed E-state index contributed by atoms with van der Waals surface area (Å²) in [6, 6.07) is 0. The molecule has 0 aromatic carbocycles. The first kappa shape index (κ1) is 48.6. The van der Waals surface area contributed by atoms with Gasteiger partial charge in [-0.3, -0.25) is 4.79 Å². The molecule has 8 rings (SSSR count). The lowest BCUT2D eigenvalue weighted by Gasteiger charge is -2.71. The molecule has 364 valence electrons. The number of hydrogen-bond acceptors (Lipinski definition) is 16. The molecule has 10 N–H and O–H groups in total. The standard InChI is InChI=1S/C46H72O18/c1-40(2)14-16-45(38(56)57)17-15-43(6)21(22(45)18-40)8-9-25-42(5)12-11-26(41(3,4)24(42)10-13-44(25,43)7)60-37-31(61-36-28(50)27(49)23(48)19-59-36)29(51)30(32(62-37)34(53)54)63-39-46(58,20-47)33(52)35(55)64-39/h8,22-33,35-37,39,47-52,55,58H,9-20H2,1-7H3,(H,53,54)(H,56,57)/t22-,23+,24?,25?,26-,27+,28-,29?,30-,31-,32?,33-,35?,36?,37+,39?,42-,43+,44+,45-,46?/m0/s1. The first-order valence-corrected chi connectivity index (χ1v) is 23.2. The topological polar surface area (TPSA) is 292 Å². The Hall–Kier alpha value is -1.88. The maximum Gasteiger partial charge on any atom is 0.335 e. The van der Waals surface area contributed by atoms with Crippen LogP contribution in [0.4, 0.5) is 0 Å². The molecular formula is C46H72O18. The molecule has 0 radical (unpaired) electrons. The van der Waals surface area contributed by atoms with Crippen LogP contribution in [0.3, 0.4) is 0 Å². The summed E-state index contributed by atoms with van der Waals surface area (Å²) in [5.74, 6) is -1.96. The summed E-state index contributed by atoms with van der Waals surface area (Å²) in [6.45, 7) is 14.3. The molecule has 7 fully saturated rings. The third kappa shape index (κ3) is 7.18. The molecule has 0 bridgehead atoms. The zero-order valence-electron chi connectivity index (χ0n) is 38.0. The fourth-order valence-electron chi connectivity index (χ4n) is 14.7. The number of rotatable bonds is 9. The fourth-order valence-corrected chi connectivity index (χ4v) is 14.7. The minimum absolute atomic E-state index is 0.0183. The number of carboxylic acid groups (broad SMARTS) is 2. The van der Waals surface area contributed by atoms with Crippen LogP contribution in [0.15, 0.2) is 11.6 Å². The Morgan fingerprint density at radius 3 is 2.11 bits per heavy atom. The Bertz CT molecular complexity index is 1820. The smallest absolute Gasteiger partial charge is 0.335 e. The molecule has 0 aromatic heterocycles. The highest BCUT2D eigenvalue weighted by atomic mass is 16.8. The van der Waals surface area contributed by atoms with Crippen LogP contribution in [-0.4, -0.2) is 162 Å². The number of aliphatic carboxylic acids is 2. The number of fused-ring (bicyclic) bond motifs is 7. The average molecular weight is 913 g/mol. The summed E-state index contributed by atoms with van der Waals surface area (Å²) in [5, 5.41) is 106. The van der Waals surface area contributed by atoms with Crippen molar-refractivity contribution < 1.29 is 89.1 Å². The molecule has 5 aliphatic carbocycles. The van der Waals surface area contributed by atoms with Gasteiger partial charge in [0.25, 0.3) is 0 Å². The first-order valence-electron chi connectivity index (χ1n) is 23.2. The van der Waals surface area contributed by atoms with Gasteiger partial charge < -0.3 is 79.5 Å². The highest BCUT2D eigenvalue weighted by molar-refractivity contribution is 5.76. The van der Waals surface area contributed by atoms with E-state index in [2.05, 4.69) is 54.5 Å². The molecule has 3 saturated heterocycles. The maximum atomic E-state index is 13.1. The molecule has 8 aliphatic rings. The van der Waals surface area contributed by atoms with Crippen LogP contribution in [0, 0.1) is 50.2 Å². The number of aliphatic hydroxyl groups is 8. The summed E-state index contributed by atoms with van der Waals surface area (Å²) in [5.41, 5.74) is -3.09. The Labute approximate surface area is 373 Å². The highest BCUT2D eigenvalue weighted by Crippen LogP contribution is 2.76. The molecule has 0 amide bonds. The first-order chi connectivity index (χ1) is 29.7. The van der Waals surface area contributed by atoms with E-state index in [4.69, 9.17) is 28.4 Å². The van der Waals surface area contributed by atoms with Gasteiger partial charge in [0.1, 0.15) is 42.7 Å². The van der Waals surface area contributed by atoms with Crippen molar-refractivity contribution in [1.29, 1.82) is 0 Å². The molecule has 64 heavy (non-hydrogen) atoms. The van der Waals surface area contributed by atoms with Crippen molar-refractivity contribution >= 4 is 11.9 Å². The van der Waals surface area contributed by atoms with Crippen molar-refractivity contribution in [2.75, 3.05) is 13.2 Å². The van der Waals surface area contributed by atoms with E-state index in [0.29, 0.717) is 19.3 Å². The monoisotopic (exact) mass is 912 g/mol. The predicted molar refractivity (Wildman–Crippen MR) is 220 cm³/mol. The minimum atomic E-state index is -2.65. The van der Waals surface area contributed by atoms with Gasteiger partial charge in [0.15, 0.2) is 36.9 Å². The highest BCUT2D eigenvalue weighted by Gasteiger charge is 2.70. The Kier molecular flexibility index (Phi) is 12.4. The lowest BCUT2D eigenvalue weighted by Crippen LogP contribution is -2.67. The van der Waals surface area contributed by atoms with E-state index in [1.165, 1.54) is 5.57 Å². The third-order valence-corrected chi connectivity index (χ3v) is 18.8. The van der Waals surface area contributed by atoms with Crippen LogP contribution in [0.25, 0.3) is 0 Å². The van der Waals surface area contributed by atoms with Crippen LogP contribution >= 0.6 is 0 Å². The van der Waals surface area contributed by atoms with Gasteiger partial charge in [-0.1, -0.05) is 60.1 Å². The third-order valence-electron chi connectivity index (χ3n) is 18.8. The van der Waals surface area contributed by atoms with Gasteiger partial charge in [-0.25, -0.2) is 4.79 Å². The quantitative estimate of drug-likeness (QED) is 0.116. The molecule has 21 atom stereocenters. The van der Waals surface area contributed by atoms with Crippen LogP contribution in [0.1, 0.15) is 113 Å². The summed E-state index contributed by atoms with van der Waals surface area (Å²) in [4.78, 5) is 26.0. The van der Waals surface area contributed by atoms with E-state index in [0.717, 1.165) is 44.9 Å². The second-order valence-corrected chi connectivity index (χ2v) is 22.8. The molecule has 4 saturated carbocycles. The molecule has 18 heteroatoms. The minimum Gasteiger partial charge on any atom is -0.481 e. The number of allylic oxidation sites excluding steroid dienone is 2. The van der Waals surface area contributed by atoms with Gasteiger partial charge in [-0.15, -0.1) is 0 Å². The van der Waals surface area contributed by atoms with E-state index >= 15 is 0 Å². The fraction of sp³-hybridized carbons (Fsp3) is 0.913. The van der Waals surface area contributed by atoms with Crippen molar-refractivity contribution in [1.82, 2.24) is 0 Å². The Morgan fingerprint density at radius 1 is 0.766 bits per heavy atom. The van der Waals surface area contributed by atoms with E-state index in [-0.39, 0.29) is 39.4 Å². The summed E-state index contributed by atoms with van der Waals surface area (Å²) in [7, 11) is 0. The van der Waals surface area contributed by atoms with Crippen LogP contribution in [-0.2, 0) is 38.0 Å². The summed E-state index contributed by atoms with van der Waals surface area (Å²) >= 11 is 0. The molecular weight excluding hydrogens is 840 g/mol. The van der Waals surface area contributed by atoms with Crippen molar-refractivity contribution in [3.8, 4) is 0 Å². The van der Waals surface area contributed by atoms with Crippen LogP contribution in [0.2, 0.25) is 0 Å². The largest absolute Gasteiger partial charge is 0.481 e. The van der Waals surface area contributed by atoms with E-state index in [1.54, 1.807) is 0 Å². The summed E-state index contributed by atoms with van der Waals surface area (Å²) in [6.07, 6.45) is -12.8. The Morgan fingerprint density at radius 2 is 1.45 bits per heavy atom. The van der Waals surface area contributed by atoms with Gasteiger partial charge in [0.2, 0.25) is 0 Å². The number of aliphatic hydroxyl groups excluding tert-OH is 7. The van der Waals surface area contributed by atoms with Crippen molar-refractivity contribution in [3.05, 3.63) is 11.6 Å². The average Bonchev–Trinajstić information content (AvgIpc) is 3.43. The lowest BCUT2D eigenvalue weighted by molar-refractivity contribution is -0.379. The molecule has 8 unspecified atom stereocenters. The number of carboxylic acids is 2. The van der Waals surface area contributed by atoms with Gasteiger partial charge in [0, 0.05) is 0 Å². The molecule has 0 aromatic rings. The van der Waals surface area contributed by atoms with Crippen LogP contribution in [0.5, 0.6) is 0 Å². The van der Waals surface area contributed by atoms with E-state index in [9.17, 15) is 60.7 Å². The number of carbonyl (C=O) groups is 2. The van der Waals surface area contributed by atoms with Crippen molar-refractivity contribution in [3.63, 3.8) is 0 Å². The van der Waals surface area contributed by atoms with E-state index < -0.39 is 122 Å². The van der Waals surface area contributed by atoms with Gasteiger partial charge in [0.05, 0.1) is 24.7 Å². The Balaban J connectivity index is 1.08. The molecule has 3 aliphatic heterocycles. The number of ether oxygens (including phenoxy) is 6. The maximum absolute atomic E-state index is 13.1. The van der Waals surface area contributed by atoms with E-state index in [1.807, 2.05) is 0 Å². The second kappa shape index (κ2) is 16.4. The number of hydrogen-bond donors (Lipinski definition) is 10. The molecule has 3 heterocycles. The zero-order valence-corrected chi connectivity index (χ0v) is 38.0. The second-order valence-electron chi connectivity index (χ2n) is 22.8. The van der Waals surface area contributed by atoms with Crippen molar-refractivity contribution in [2.45, 2.75) is 198 Å². The van der Waals surface area contributed by atoms with Gasteiger partial charge in [-0.2, -0.15) is 0 Å². The van der Waals surface area contributed by atoms with Gasteiger partial charge >= 0.3 is 11.9 Å². The zero-order chi connectivity index (χ0) is 46.9. The predicted octanol–water partition coefficient (Wildman–Crippen LogP) is 1.40. The molecule has 0 spiro atoms. The SMILES string of the molecule is CC1(C)CC[C@]2(C(=O)O)CC[C@]3(C)C(=CCC4[C@@]5(C)CC[C@H](O[C@@H]6OC(C(=O)O)[C@@H](OC7OC(O)[C@H](O)C7(O)CO)C(O)[C@@H]6OC6OC[C@@H](O)[C@@H](O)[C@@H]6O)C(C)(C)C5CC[C@]43C)[C@@H]2C1. The molecule has 18 nitrogen and oxygen atoms in total. The summed E-state index contributed by atoms with van der Waals surface area (Å²) < 4.78 is 35.3. The van der Waals surface area contributed by atoms with Crippen molar-refractivity contribution in [2.24, 2.45) is 50.2 Å². The van der Waals surface area contributed by atoms with Crippen LogP contribution < -0.4 is 0 Å².